The van der Waals surface area contributed by atoms with E-state index in [0.717, 1.165) is 16.5 Å². The standard InChI is InChI=1S/C24H20FN3O3/c25-18-8-9-21-20(13-18)17(15-27-21)10-11-26-24(30)22(14-19-7-4-12-31-19)28-23(29)16-5-2-1-3-6-16/h1-9,12-15,27H,10-11H2,(H,26,30)(H,28,29)/b22-14-. The molecule has 7 heteroatoms. The number of halogens is 1. The van der Waals surface area contributed by atoms with Crippen LogP contribution in [-0.4, -0.2) is 23.3 Å². The van der Waals surface area contributed by atoms with Crippen molar-refractivity contribution < 1.29 is 18.4 Å². The summed E-state index contributed by atoms with van der Waals surface area (Å²) in [7, 11) is 0. The Morgan fingerprint density at radius 1 is 1.06 bits per heavy atom. The molecule has 4 aromatic rings. The highest BCUT2D eigenvalue weighted by Crippen LogP contribution is 2.19. The topological polar surface area (TPSA) is 87.1 Å². The summed E-state index contributed by atoms with van der Waals surface area (Å²) in [6, 6.07) is 16.5. The van der Waals surface area contributed by atoms with Gasteiger partial charge >= 0.3 is 0 Å². The lowest BCUT2D eigenvalue weighted by Crippen LogP contribution is -2.35. The molecule has 0 saturated heterocycles. The van der Waals surface area contributed by atoms with E-state index in [1.54, 1.807) is 54.7 Å². The normalized spacial score (nSPS) is 11.5. The quantitative estimate of drug-likeness (QED) is 0.397. The zero-order valence-corrected chi connectivity index (χ0v) is 16.5. The van der Waals surface area contributed by atoms with Gasteiger partial charge < -0.3 is 20.0 Å². The minimum absolute atomic E-state index is 0.0637. The van der Waals surface area contributed by atoms with Crippen LogP contribution in [0.3, 0.4) is 0 Å². The van der Waals surface area contributed by atoms with Gasteiger partial charge in [-0.05, 0) is 54.4 Å². The van der Waals surface area contributed by atoms with Crippen LogP contribution in [0, 0.1) is 5.82 Å². The number of hydrogen-bond donors (Lipinski definition) is 3. The first-order chi connectivity index (χ1) is 15.1. The Morgan fingerprint density at radius 3 is 2.68 bits per heavy atom. The summed E-state index contributed by atoms with van der Waals surface area (Å²) in [5, 5.41) is 6.22. The van der Waals surface area contributed by atoms with Gasteiger partial charge in [0.1, 0.15) is 17.3 Å². The van der Waals surface area contributed by atoms with Gasteiger partial charge in [-0.3, -0.25) is 9.59 Å². The van der Waals surface area contributed by atoms with Crippen molar-refractivity contribution in [3.8, 4) is 0 Å². The third-order valence-corrected chi connectivity index (χ3v) is 4.77. The summed E-state index contributed by atoms with van der Waals surface area (Å²) < 4.78 is 18.8. The van der Waals surface area contributed by atoms with Gasteiger partial charge in [0.15, 0.2) is 0 Å². The zero-order chi connectivity index (χ0) is 21.6. The van der Waals surface area contributed by atoms with Gasteiger partial charge in [-0.15, -0.1) is 0 Å². The number of hydrogen-bond acceptors (Lipinski definition) is 3. The van der Waals surface area contributed by atoms with E-state index in [1.807, 2.05) is 0 Å². The number of aromatic nitrogens is 1. The third-order valence-electron chi connectivity index (χ3n) is 4.77. The summed E-state index contributed by atoms with van der Waals surface area (Å²) in [5.41, 5.74) is 2.21. The summed E-state index contributed by atoms with van der Waals surface area (Å²) in [4.78, 5) is 28.4. The molecule has 0 spiro atoms. The molecule has 0 atom stereocenters. The molecular formula is C24H20FN3O3. The summed E-state index contributed by atoms with van der Waals surface area (Å²) in [5.74, 6) is -0.734. The highest BCUT2D eigenvalue weighted by Gasteiger charge is 2.15. The lowest BCUT2D eigenvalue weighted by molar-refractivity contribution is -0.117. The zero-order valence-electron chi connectivity index (χ0n) is 16.5. The number of rotatable bonds is 7. The molecule has 0 aliphatic carbocycles. The molecule has 2 heterocycles. The maximum Gasteiger partial charge on any atom is 0.267 e. The smallest absolute Gasteiger partial charge is 0.267 e. The number of benzene rings is 2. The molecule has 0 saturated carbocycles. The van der Waals surface area contributed by atoms with Gasteiger partial charge in [0, 0.05) is 35.3 Å². The van der Waals surface area contributed by atoms with Crippen LogP contribution in [-0.2, 0) is 11.2 Å². The third kappa shape index (κ3) is 4.90. The average Bonchev–Trinajstić information content (AvgIpc) is 3.43. The predicted octanol–water partition coefficient (Wildman–Crippen LogP) is 4.03. The highest BCUT2D eigenvalue weighted by molar-refractivity contribution is 6.05. The molecule has 0 aliphatic heterocycles. The molecule has 2 aromatic carbocycles. The van der Waals surface area contributed by atoms with Crippen LogP contribution in [0.25, 0.3) is 17.0 Å². The molecule has 3 N–H and O–H groups in total. The first-order valence-electron chi connectivity index (χ1n) is 9.75. The minimum Gasteiger partial charge on any atom is -0.465 e. The number of amides is 2. The first-order valence-corrected chi connectivity index (χ1v) is 9.75. The van der Waals surface area contributed by atoms with E-state index >= 15 is 0 Å². The largest absolute Gasteiger partial charge is 0.465 e. The van der Waals surface area contributed by atoms with Gasteiger partial charge in [-0.2, -0.15) is 0 Å². The van der Waals surface area contributed by atoms with Crippen LogP contribution in [0.4, 0.5) is 4.39 Å². The van der Waals surface area contributed by atoms with Crippen molar-refractivity contribution in [3.63, 3.8) is 0 Å². The fourth-order valence-electron chi connectivity index (χ4n) is 3.22. The van der Waals surface area contributed by atoms with Crippen LogP contribution in [0.15, 0.2) is 83.2 Å². The Hall–Kier alpha value is -4.13. The van der Waals surface area contributed by atoms with E-state index in [1.165, 1.54) is 24.5 Å². The fraction of sp³-hybridized carbons (Fsp3) is 0.0833. The molecule has 0 radical (unpaired) electrons. The van der Waals surface area contributed by atoms with Crippen molar-refractivity contribution in [2.75, 3.05) is 6.54 Å². The monoisotopic (exact) mass is 417 g/mol. The Labute approximate surface area is 177 Å². The number of H-pyrrole nitrogens is 1. The van der Waals surface area contributed by atoms with Crippen molar-refractivity contribution in [1.82, 2.24) is 15.6 Å². The highest BCUT2D eigenvalue weighted by atomic mass is 19.1. The molecular weight excluding hydrogens is 397 g/mol. The minimum atomic E-state index is -0.452. The molecule has 2 amide bonds. The number of carbonyl (C=O) groups excluding carboxylic acids is 2. The molecule has 0 aliphatic rings. The number of aromatic amines is 1. The Kier molecular flexibility index (Phi) is 5.93. The molecule has 0 bridgehead atoms. The lowest BCUT2D eigenvalue weighted by atomic mass is 10.1. The summed E-state index contributed by atoms with van der Waals surface area (Å²) in [6.45, 7) is 0.305. The first kappa shape index (κ1) is 20.2. The average molecular weight is 417 g/mol. The van der Waals surface area contributed by atoms with Crippen molar-refractivity contribution in [3.05, 3.63) is 102 Å². The molecule has 6 nitrogen and oxygen atoms in total. The second-order valence-electron chi connectivity index (χ2n) is 6.90. The molecule has 4 rings (SSSR count). The van der Waals surface area contributed by atoms with Crippen molar-refractivity contribution in [1.29, 1.82) is 0 Å². The maximum absolute atomic E-state index is 13.6. The summed E-state index contributed by atoms with van der Waals surface area (Å²) >= 11 is 0. The number of carbonyl (C=O) groups is 2. The lowest BCUT2D eigenvalue weighted by Gasteiger charge is -2.11. The second-order valence-corrected chi connectivity index (χ2v) is 6.90. The van der Waals surface area contributed by atoms with Gasteiger partial charge in [0.05, 0.1) is 6.26 Å². The predicted molar refractivity (Wildman–Crippen MR) is 116 cm³/mol. The molecule has 31 heavy (non-hydrogen) atoms. The van der Waals surface area contributed by atoms with E-state index in [4.69, 9.17) is 4.42 Å². The van der Waals surface area contributed by atoms with Crippen LogP contribution in [0.1, 0.15) is 21.7 Å². The number of furan rings is 1. The Bertz CT molecular complexity index is 1230. The van der Waals surface area contributed by atoms with Crippen LogP contribution < -0.4 is 10.6 Å². The van der Waals surface area contributed by atoms with E-state index in [9.17, 15) is 14.0 Å². The maximum atomic E-state index is 13.6. The molecule has 156 valence electrons. The number of fused-ring (bicyclic) bond motifs is 1. The second kappa shape index (κ2) is 9.13. The molecule has 0 unspecified atom stereocenters. The number of nitrogens with one attached hydrogen (secondary N) is 3. The van der Waals surface area contributed by atoms with Crippen molar-refractivity contribution >= 4 is 28.8 Å². The van der Waals surface area contributed by atoms with Crippen molar-refractivity contribution in [2.45, 2.75) is 6.42 Å². The van der Waals surface area contributed by atoms with Crippen LogP contribution in [0.2, 0.25) is 0 Å². The van der Waals surface area contributed by atoms with Gasteiger partial charge in [0.2, 0.25) is 0 Å². The van der Waals surface area contributed by atoms with E-state index in [-0.39, 0.29) is 11.5 Å². The summed E-state index contributed by atoms with van der Waals surface area (Å²) in [6.07, 6.45) is 5.25. The molecule has 0 fully saturated rings. The van der Waals surface area contributed by atoms with Gasteiger partial charge in [0.25, 0.3) is 11.8 Å². The Balaban J connectivity index is 1.45. The SMILES string of the molecule is O=C(NCCc1c[nH]c2ccc(F)cc12)/C(=C/c1ccco1)NC(=O)c1ccccc1. The van der Waals surface area contributed by atoms with Crippen LogP contribution >= 0.6 is 0 Å². The van der Waals surface area contributed by atoms with E-state index < -0.39 is 11.8 Å². The Morgan fingerprint density at radius 2 is 1.90 bits per heavy atom. The molecule has 2 aromatic heterocycles. The fourth-order valence-corrected chi connectivity index (χ4v) is 3.22. The van der Waals surface area contributed by atoms with Crippen LogP contribution in [0.5, 0.6) is 0 Å². The van der Waals surface area contributed by atoms with Gasteiger partial charge in [-0.25, -0.2) is 4.39 Å². The van der Waals surface area contributed by atoms with E-state index in [0.29, 0.717) is 24.3 Å². The van der Waals surface area contributed by atoms with E-state index in [2.05, 4.69) is 15.6 Å². The van der Waals surface area contributed by atoms with Gasteiger partial charge in [-0.1, -0.05) is 18.2 Å². The van der Waals surface area contributed by atoms with Crippen molar-refractivity contribution in [2.24, 2.45) is 0 Å².